The molecule has 0 radical (unpaired) electrons. The zero-order chi connectivity index (χ0) is 34.0. The third-order valence-electron chi connectivity index (χ3n) is 10.2. The highest BCUT2D eigenvalue weighted by atomic mass is 19.4. The van der Waals surface area contributed by atoms with Crippen LogP contribution in [-0.2, 0) is 9.59 Å². The van der Waals surface area contributed by atoms with E-state index in [0.717, 1.165) is 23.7 Å². The average Bonchev–Trinajstić information content (AvgIpc) is 2.98. The summed E-state index contributed by atoms with van der Waals surface area (Å²) in [6.45, 7) is 8.50. The van der Waals surface area contributed by atoms with Crippen LogP contribution in [-0.4, -0.2) is 83.6 Å². The van der Waals surface area contributed by atoms with Gasteiger partial charge >= 0.3 is 24.3 Å². The van der Waals surface area contributed by atoms with E-state index in [0.29, 0.717) is 0 Å². The number of nitrogens with zero attached hydrogens (tertiary/aromatic N) is 2. The van der Waals surface area contributed by atoms with Crippen LogP contribution in [0.2, 0.25) is 0 Å². The first-order valence-electron chi connectivity index (χ1n) is 17.8. The van der Waals surface area contributed by atoms with Gasteiger partial charge in [0, 0.05) is 19.6 Å². The molecule has 5 aliphatic rings. The van der Waals surface area contributed by atoms with E-state index < -0.39 is 24.3 Å². The number of hydrogen-bond donors (Lipinski definition) is 2. The first-order chi connectivity index (χ1) is 21.8. The monoisotopic (exact) mass is 672 g/mol. The van der Waals surface area contributed by atoms with Gasteiger partial charge in [-0.2, -0.15) is 26.3 Å². The quantitative estimate of drug-likeness (QED) is 0.250. The largest absolute Gasteiger partial charge is 0.490 e. The number of halogens is 6. The second kappa shape index (κ2) is 21.4. The Bertz CT molecular complexity index is 832. The van der Waals surface area contributed by atoms with Crippen LogP contribution in [0.4, 0.5) is 26.3 Å². The Morgan fingerprint density at radius 2 is 0.870 bits per heavy atom. The van der Waals surface area contributed by atoms with Crippen molar-refractivity contribution in [3.63, 3.8) is 0 Å². The summed E-state index contributed by atoms with van der Waals surface area (Å²) < 4.78 is 63.5. The highest BCUT2D eigenvalue weighted by Gasteiger charge is 2.40. The lowest BCUT2D eigenvalue weighted by molar-refractivity contribution is -0.193. The third-order valence-corrected chi connectivity index (χ3v) is 10.2. The van der Waals surface area contributed by atoms with Gasteiger partial charge in [-0.15, -0.1) is 0 Å². The number of piperidine rings is 2. The fourth-order valence-electron chi connectivity index (χ4n) is 7.94. The van der Waals surface area contributed by atoms with Crippen LogP contribution < -0.4 is 0 Å². The number of fused-ring (bicyclic) bond motifs is 11. The Kier molecular flexibility index (Phi) is 18.9. The van der Waals surface area contributed by atoms with Gasteiger partial charge in [0.05, 0.1) is 0 Å². The summed E-state index contributed by atoms with van der Waals surface area (Å²) in [5.74, 6) is -1.49. The van der Waals surface area contributed by atoms with Crippen molar-refractivity contribution in [3.05, 3.63) is 0 Å². The molecule has 46 heavy (non-hydrogen) atoms. The molecule has 12 heteroatoms. The van der Waals surface area contributed by atoms with Crippen molar-refractivity contribution in [2.75, 3.05) is 39.3 Å². The summed E-state index contributed by atoms with van der Waals surface area (Å²) in [5.41, 5.74) is 0. The average molecular weight is 673 g/mol. The maximum atomic E-state index is 10.6. The van der Waals surface area contributed by atoms with E-state index in [9.17, 15) is 26.3 Å². The predicted octanol–water partition coefficient (Wildman–Crippen LogP) is 9.18. The van der Waals surface area contributed by atoms with Crippen molar-refractivity contribution in [1.82, 2.24) is 9.80 Å². The van der Waals surface area contributed by atoms with Crippen LogP contribution in [0, 0.1) is 23.7 Å². The van der Waals surface area contributed by atoms with E-state index in [1.807, 2.05) is 0 Å². The van der Waals surface area contributed by atoms with Crippen molar-refractivity contribution in [2.24, 2.45) is 23.7 Å². The summed E-state index contributed by atoms with van der Waals surface area (Å²) in [5, 5.41) is 14.2. The minimum Gasteiger partial charge on any atom is -0.475 e. The zero-order valence-electron chi connectivity index (χ0n) is 27.6. The molecular weight excluding hydrogens is 614 g/mol. The standard InChI is InChI=1S/C30H56N2.2C2HF3O2/c1-3-7-11-15-20-31-22-19-30-28(25-31)18-14-10-6-2-4-8-12-16-21-32-24-27(17-13-9-5-1)23-29(30)26-32;2*3-2(4,5)1(6)7/h27-30H,1-26H2;2*(H,6,7)/t27-,28-,29+,30-;;/m0../s1. The van der Waals surface area contributed by atoms with E-state index >= 15 is 0 Å². The molecule has 6 nitrogen and oxygen atoms in total. The van der Waals surface area contributed by atoms with Crippen LogP contribution in [0.1, 0.15) is 128 Å². The lowest BCUT2D eigenvalue weighted by Crippen LogP contribution is -2.49. The smallest absolute Gasteiger partial charge is 0.475 e. The van der Waals surface area contributed by atoms with E-state index in [-0.39, 0.29) is 0 Å². The Morgan fingerprint density at radius 3 is 1.35 bits per heavy atom. The van der Waals surface area contributed by atoms with Gasteiger partial charge in [-0.3, -0.25) is 0 Å². The molecule has 5 fully saturated rings. The fourth-order valence-corrected chi connectivity index (χ4v) is 7.94. The summed E-state index contributed by atoms with van der Waals surface area (Å²) in [6.07, 6.45) is 19.8. The van der Waals surface area contributed by atoms with Crippen molar-refractivity contribution >= 4 is 11.9 Å². The fraction of sp³-hybridized carbons (Fsp3) is 0.941. The molecule has 5 heterocycles. The highest BCUT2D eigenvalue weighted by molar-refractivity contribution is 5.73. The Morgan fingerprint density at radius 1 is 0.478 bits per heavy atom. The summed E-state index contributed by atoms with van der Waals surface area (Å²) in [4.78, 5) is 23.6. The third kappa shape index (κ3) is 17.0. The van der Waals surface area contributed by atoms with Gasteiger partial charge in [0.2, 0.25) is 0 Å². The SMILES string of the molecule is C1CCCCCN2CC[C@@H]3[C@@H]4C[C@H](CCCC1)CN(CCCCCCCCCC[C@H]3C2)C4.O=C(O)C(F)(F)F.O=C(O)C(F)(F)F. The lowest BCUT2D eigenvalue weighted by Gasteiger charge is -2.47. The van der Waals surface area contributed by atoms with Crippen molar-refractivity contribution in [3.8, 4) is 0 Å². The predicted molar refractivity (Wildman–Crippen MR) is 167 cm³/mol. The zero-order valence-corrected chi connectivity index (χ0v) is 27.6. The van der Waals surface area contributed by atoms with Crippen molar-refractivity contribution in [2.45, 2.75) is 141 Å². The van der Waals surface area contributed by atoms with Crippen molar-refractivity contribution in [1.29, 1.82) is 0 Å². The van der Waals surface area contributed by atoms with Crippen LogP contribution in [0.3, 0.4) is 0 Å². The molecule has 5 aliphatic heterocycles. The first kappa shape index (κ1) is 40.6. The first-order valence-corrected chi connectivity index (χ1v) is 17.8. The number of carboxylic acids is 2. The Balaban J connectivity index is 0.000000440. The molecular formula is C34H58F6N2O4. The summed E-state index contributed by atoms with van der Waals surface area (Å²) in [6, 6.07) is 0. The molecule has 6 bridgehead atoms. The Labute approximate surface area is 271 Å². The number of carbonyl (C=O) groups is 2. The maximum absolute atomic E-state index is 10.6. The van der Waals surface area contributed by atoms with Crippen LogP contribution in [0.5, 0.6) is 0 Å². The van der Waals surface area contributed by atoms with Crippen molar-refractivity contribution < 1.29 is 46.1 Å². The molecule has 2 unspecified atom stereocenters. The molecule has 0 aromatic carbocycles. The van der Waals surface area contributed by atoms with Gasteiger partial charge in [0.1, 0.15) is 0 Å². The van der Waals surface area contributed by atoms with Gasteiger partial charge in [-0.25, -0.2) is 9.59 Å². The van der Waals surface area contributed by atoms with Crippen LogP contribution in [0.25, 0.3) is 0 Å². The number of hydrogen-bond acceptors (Lipinski definition) is 4. The summed E-state index contributed by atoms with van der Waals surface area (Å²) >= 11 is 0. The number of rotatable bonds is 0. The Hall–Kier alpha value is -1.56. The van der Waals surface area contributed by atoms with E-state index in [1.165, 1.54) is 161 Å². The molecule has 6 atom stereocenters. The molecule has 5 rings (SSSR count). The van der Waals surface area contributed by atoms with Gasteiger partial charge in [-0.1, -0.05) is 89.9 Å². The number of aliphatic carboxylic acids is 2. The maximum Gasteiger partial charge on any atom is 0.490 e. The van der Waals surface area contributed by atoms with Gasteiger partial charge < -0.3 is 20.0 Å². The van der Waals surface area contributed by atoms with E-state index in [4.69, 9.17) is 19.8 Å². The normalized spacial score (nSPS) is 31.1. The summed E-state index contributed by atoms with van der Waals surface area (Å²) in [7, 11) is 0. The molecule has 0 aromatic rings. The van der Waals surface area contributed by atoms with E-state index in [1.54, 1.807) is 6.42 Å². The molecule has 0 spiro atoms. The van der Waals surface area contributed by atoms with Gasteiger partial charge in [0.15, 0.2) is 0 Å². The minimum absolute atomic E-state index is 0.996. The number of carboxylic acid groups (broad SMARTS) is 2. The second-order valence-corrected chi connectivity index (χ2v) is 14.0. The lowest BCUT2D eigenvalue weighted by atomic mass is 9.69. The minimum atomic E-state index is -5.08. The molecule has 2 N–H and O–H groups in total. The van der Waals surface area contributed by atoms with Gasteiger partial charge in [-0.05, 0) is 81.8 Å². The molecule has 0 saturated carbocycles. The van der Waals surface area contributed by atoms with Gasteiger partial charge in [0.25, 0.3) is 0 Å². The van der Waals surface area contributed by atoms with E-state index in [2.05, 4.69) is 9.80 Å². The second-order valence-electron chi connectivity index (χ2n) is 14.0. The molecule has 270 valence electrons. The molecule has 0 amide bonds. The van der Waals surface area contributed by atoms with Crippen LogP contribution in [0.15, 0.2) is 0 Å². The topological polar surface area (TPSA) is 81.1 Å². The highest BCUT2D eigenvalue weighted by Crippen LogP contribution is 2.40. The van der Waals surface area contributed by atoms with Crippen LogP contribution >= 0.6 is 0 Å². The number of alkyl halides is 6. The molecule has 0 aromatic heterocycles. The molecule has 5 saturated heterocycles. The molecule has 0 aliphatic carbocycles.